The number of likely N-dealkylation sites (N-methyl/N-ethyl adjacent to an activating group) is 1. The number of aromatic nitrogens is 2. The molecule has 0 spiro atoms. The highest BCUT2D eigenvalue weighted by Crippen LogP contribution is 2.34. The van der Waals surface area contributed by atoms with Crippen molar-refractivity contribution in [1.82, 2.24) is 14.5 Å². The van der Waals surface area contributed by atoms with Crippen LogP contribution in [0.5, 0.6) is 0 Å². The molecular formula is C21H24ClN3O. The van der Waals surface area contributed by atoms with Crippen molar-refractivity contribution >= 4 is 22.5 Å². The summed E-state index contributed by atoms with van der Waals surface area (Å²) >= 11 is 6.29. The molecule has 3 heterocycles. The van der Waals surface area contributed by atoms with Crippen LogP contribution in [-0.4, -0.2) is 39.7 Å². The van der Waals surface area contributed by atoms with Crippen LogP contribution in [0.1, 0.15) is 23.7 Å². The van der Waals surface area contributed by atoms with Crippen LogP contribution in [0.2, 0.25) is 5.02 Å². The number of hydrogen-bond acceptors (Lipinski definition) is 3. The predicted molar refractivity (Wildman–Crippen MR) is 106 cm³/mol. The maximum Gasteiger partial charge on any atom is 0.106 e. The second kappa shape index (κ2) is 6.69. The molecule has 1 aliphatic rings. The first-order chi connectivity index (χ1) is 12.5. The minimum Gasteiger partial charge on any atom is -0.384 e. The van der Waals surface area contributed by atoms with Gasteiger partial charge in [0.25, 0.3) is 0 Å². The van der Waals surface area contributed by atoms with E-state index in [1.165, 1.54) is 16.6 Å². The van der Waals surface area contributed by atoms with E-state index in [0.29, 0.717) is 6.54 Å². The maximum absolute atomic E-state index is 11.2. The van der Waals surface area contributed by atoms with Gasteiger partial charge in [-0.25, -0.2) is 0 Å². The van der Waals surface area contributed by atoms with Crippen LogP contribution in [0.25, 0.3) is 10.9 Å². The number of benzene rings is 1. The van der Waals surface area contributed by atoms with Gasteiger partial charge in [0.15, 0.2) is 0 Å². The van der Waals surface area contributed by atoms with Gasteiger partial charge >= 0.3 is 0 Å². The number of hydrogen-bond donors (Lipinski definition) is 1. The van der Waals surface area contributed by atoms with Crippen molar-refractivity contribution in [2.75, 3.05) is 20.1 Å². The molecule has 2 aromatic heterocycles. The zero-order chi connectivity index (χ0) is 18.3. The Labute approximate surface area is 159 Å². The summed E-state index contributed by atoms with van der Waals surface area (Å²) in [6.45, 7) is 4.42. The summed E-state index contributed by atoms with van der Waals surface area (Å²) in [5, 5.41) is 13.2. The van der Waals surface area contributed by atoms with Gasteiger partial charge in [-0.05, 0) is 50.2 Å². The molecule has 3 aromatic rings. The molecule has 4 nitrogen and oxygen atoms in total. The first-order valence-corrected chi connectivity index (χ1v) is 9.44. The largest absolute Gasteiger partial charge is 0.384 e. The number of fused-ring (bicyclic) bond motifs is 3. The molecule has 1 unspecified atom stereocenters. The van der Waals surface area contributed by atoms with Gasteiger partial charge in [-0.2, -0.15) is 0 Å². The van der Waals surface area contributed by atoms with Crippen LogP contribution < -0.4 is 0 Å². The van der Waals surface area contributed by atoms with Gasteiger partial charge < -0.3 is 14.6 Å². The number of rotatable bonds is 3. The van der Waals surface area contributed by atoms with Gasteiger partial charge in [0.1, 0.15) is 5.60 Å². The Kier molecular flexibility index (Phi) is 4.51. The monoisotopic (exact) mass is 369 g/mol. The van der Waals surface area contributed by atoms with Crippen molar-refractivity contribution in [1.29, 1.82) is 0 Å². The van der Waals surface area contributed by atoms with Gasteiger partial charge in [0.2, 0.25) is 0 Å². The Bertz CT molecular complexity index is 933. The van der Waals surface area contributed by atoms with Gasteiger partial charge in [-0.1, -0.05) is 17.7 Å². The summed E-state index contributed by atoms with van der Waals surface area (Å²) < 4.78 is 2.28. The van der Waals surface area contributed by atoms with Gasteiger partial charge in [-0.3, -0.25) is 4.98 Å². The van der Waals surface area contributed by atoms with E-state index in [-0.39, 0.29) is 0 Å². The summed E-state index contributed by atoms with van der Waals surface area (Å²) in [6.07, 6.45) is 5.45. The zero-order valence-corrected chi connectivity index (χ0v) is 16.0. The molecule has 0 amide bonds. The van der Waals surface area contributed by atoms with Crippen molar-refractivity contribution < 1.29 is 5.11 Å². The molecule has 1 aromatic carbocycles. The summed E-state index contributed by atoms with van der Waals surface area (Å²) in [6, 6.07) is 9.88. The van der Waals surface area contributed by atoms with E-state index in [9.17, 15) is 5.11 Å². The van der Waals surface area contributed by atoms with Crippen LogP contribution in [0.15, 0.2) is 42.7 Å². The fraction of sp³-hybridized carbons (Fsp3) is 0.381. The lowest BCUT2D eigenvalue weighted by Gasteiger charge is -2.26. The van der Waals surface area contributed by atoms with E-state index in [0.717, 1.165) is 42.0 Å². The Morgan fingerprint density at radius 2 is 2.04 bits per heavy atom. The van der Waals surface area contributed by atoms with Crippen LogP contribution in [0.4, 0.5) is 0 Å². The maximum atomic E-state index is 11.2. The third-order valence-electron chi connectivity index (χ3n) is 5.47. The standard InChI is InChI=1S/C21H24ClN3O/c1-21(26,15-4-3-9-23-13-15)14-25-19-6-5-16(22)12-18(19)17-7-10-24(2)11-8-20(17)25/h3-6,9,12-13,26H,7-8,10-11,14H2,1-2H3. The Morgan fingerprint density at radius 3 is 2.81 bits per heavy atom. The second-order valence-electron chi connectivity index (χ2n) is 7.49. The van der Waals surface area contributed by atoms with Crippen LogP contribution >= 0.6 is 11.6 Å². The zero-order valence-electron chi connectivity index (χ0n) is 15.2. The third-order valence-corrected chi connectivity index (χ3v) is 5.71. The van der Waals surface area contributed by atoms with Crippen molar-refractivity contribution in [3.05, 3.63) is 64.6 Å². The lowest BCUT2D eigenvalue weighted by Crippen LogP contribution is -2.29. The Hall–Kier alpha value is -1.88. The van der Waals surface area contributed by atoms with E-state index in [1.807, 2.05) is 25.1 Å². The molecule has 0 aliphatic carbocycles. The quantitative estimate of drug-likeness (QED) is 0.766. The first-order valence-electron chi connectivity index (χ1n) is 9.06. The lowest BCUT2D eigenvalue weighted by molar-refractivity contribution is 0.0384. The molecule has 5 heteroatoms. The highest BCUT2D eigenvalue weighted by Gasteiger charge is 2.28. The molecule has 0 saturated heterocycles. The minimum atomic E-state index is -0.994. The van der Waals surface area contributed by atoms with E-state index in [1.54, 1.807) is 12.4 Å². The average molecular weight is 370 g/mol. The highest BCUT2D eigenvalue weighted by molar-refractivity contribution is 6.31. The van der Waals surface area contributed by atoms with E-state index in [2.05, 4.69) is 33.6 Å². The summed E-state index contributed by atoms with van der Waals surface area (Å²) in [7, 11) is 2.16. The average Bonchev–Trinajstić information content (AvgIpc) is 2.76. The molecular weight excluding hydrogens is 346 g/mol. The summed E-state index contributed by atoms with van der Waals surface area (Å²) in [5.74, 6) is 0. The molecule has 1 aliphatic heterocycles. The molecule has 0 bridgehead atoms. The number of nitrogens with zero attached hydrogens (tertiary/aromatic N) is 3. The van der Waals surface area contributed by atoms with E-state index < -0.39 is 5.60 Å². The normalized spacial score (nSPS) is 17.7. The molecule has 1 atom stereocenters. The SMILES string of the molecule is CN1CCc2c(n(CC(C)(O)c3cccnc3)c3ccc(Cl)cc23)CC1. The summed E-state index contributed by atoms with van der Waals surface area (Å²) in [5.41, 5.74) is 3.67. The lowest BCUT2D eigenvalue weighted by atomic mass is 9.97. The first kappa shape index (κ1) is 17.5. The fourth-order valence-corrected chi connectivity index (χ4v) is 4.16. The minimum absolute atomic E-state index is 0.496. The van der Waals surface area contributed by atoms with E-state index in [4.69, 9.17) is 11.6 Å². The topological polar surface area (TPSA) is 41.3 Å². The second-order valence-corrected chi connectivity index (χ2v) is 7.93. The molecule has 4 rings (SSSR count). The molecule has 136 valence electrons. The number of halogens is 1. The summed E-state index contributed by atoms with van der Waals surface area (Å²) in [4.78, 5) is 6.53. The van der Waals surface area contributed by atoms with Crippen molar-refractivity contribution in [2.45, 2.75) is 31.9 Å². The van der Waals surface area contributed by atoms with Crippen molar-refractivity contribution in [3.8, 4) is 0 Å². The molecule has 1 N–H and O–H groups in total. The third kappa shape index (κ3) is 3.13. The predicted octanol–water partition coefficient (Wildman–Crippen LogP) is 3.63. The molecule has 0 radical (unpaired) electrons. The van der Waals surface area contributed by atoms with Crippen molar-refractivity contribution in [2.24, 2.45) is 0 Å². The Morgan fingerprint density at radius 1 is 1.23 bits per heavy atom. The molecule has 0 fully saturated rings. The van der Waals surface area contributed by atoms with Gasteiger partial charge in [0.05, 0.1) is 6.54 Å². The number of aliphatic hydroxyl groups is 1. The highest BCUT2D eigenvalue weighted by atomic mass is 35.5. The van der Waals surface area contributed by atoms with Crippen LogP contribution in [-0.2, 0) is 25.0 Å². The number of pyridine rings is 1. The van der Waals surface area contributed by atoms with Gasteiger partial charge in [0, 0.05) is 59.1 Å². The van der Waals surface area contributed by atoms with Crippen LogP contribution in [0.3, 0.4) is 0 Å². The smallest absolute Gasteiger partial charge is 0.106 e. The van der Waals surface area contributed by atoms with Crippen molar-refractivity contribution in [3.63, 3.8) is 0 Å². The fourth-order valence-electron chi connectivity index (χ4n) is 3.99. The molecule has 0 saturated carbocycles. The Balaban J connectivity index is 1.84. The van der Waals surface area contributed by atoms with Crippen LogP contribution in [0, 0.1) is 0 Å². The van der Waals surface area contributed by atoms with Gasteiger partial charge in [-0.15, -0.1) is 0 Å². The van der Waals surface area contributed by atoms with E-state index >= 15 is 0 Å². The molecule has 26 heavy (non-hydrogen) atoms.